The minimum absolute atomic E-state index is 0.0671. The second-order valence-corrected chi connectivity index (χ2v) is 7.40. The summed E-state index contributed by atoms with van der Waals surface area (Å²) in [6.07, 6.45) is 0.408. The number of ether oxygens (including phenoxy) is 3. The van der Waals surface area contributed by atoms with Crippen molar-refractivity contribution in [3.8, 4) is 28.6 Å². The van der Waals surface area contributed by atoms with Crippen LogP contribution in [0, 0.1) is 5.41 Å². The molecule has 1 heterocycles. The predicted octanol–water partition coefficient (Wildman–Crippen LogP) is 3.38. The average Bonchev–Trinajstić information content (AvgIpc) is 3.08. The number of carbonyl (C=O) groups is 1. The predicted molar refractivity (Wildman–Crippen MR) is 100 cm³/mol. The fourth-order valence-electron chi connectivity index (χ4n) is 2.57. The molecule has 1 aromatic heterocycles. The van der Waals surface area contributed by atoms with Gasteiger partial charge in [0.25, 0.3) is 0 Å². The summed E-state index contributed by atoms with van der Waals surface area (Å²) in [6, 6.07) is 3.07. The van der Waals surface area contributed by atoms with Crippen LogP contribution in [0.25, 0.3) is 11.4 Å². The number of nitrogens with one attached hydrogen (secondary N) is 1. The van der Waals surface area contributed by atoms with Crippen LogP contribution in [0.3, 0.4) is 0 Å². The molecule has 1 atom stereocenters. The van der Waals surface area contributed by atoms with Crippen LogP contribution in [0.1, 0.15) is 46.0 Å². The molecule has 8 nitrogen and oxygen atoms in total. The number of nitrogens with zero attached hydrogens (tertiary/aromatic N) is 2. The third-order valence-corrected chi connectivity index (χ3v) is 3.80. The van der Waals surface area contributed by atoms with Crippen LogP contribution in [0.15, 0.2) is 16.7 Å². The molecule has 8 heteroatoms. The van der Waals surface area contributed by atoms with Gasteiger partial charge in [-0.05, 0) is 24.5 Å². The Kier molecular flexibility index (Phi) is 6.30. The molecular formula is C19H27N3O5. The lowest BCUT2D eigenvalue weighted by Gasteiger charge is -2.18. The topological polar surface area (TPSA) is 95.7 Å². The van der Waals surface area contributed by atoms with Gasteiger partial charge in [0.1, 0.15) is 6.04 Å². The molecule has 0 spiro atoms. The summed E-state index contributed by atoms with van der Waals surface area (Å²) in [7, 11) is 4.61. The van der Waals surface area contributed by atoms with E-state index in [1.54, 1.807) is 19.1 Å². The molecule has 1 amide bonds. The highest BCUT2D eigenvalue weighted by molar-refractivity contribution is 5.76. The number of hydrogen-bond donors (Lipinski definition) is 1. The van der Waals surface area contributed by atoms with Crippen molar-refractivity contribution in [1.82, 2.24) is 15.5 Å². The number of benzene rings is 1. The van der Waals surface area contributed by atoms with Crippen molar-refractivity contribution in [2.24, 2.45) is 5.41 Å². The first-order valence-electron chi connectivity index (χ1n) is 8.62. The standard InChI is InChI=1S/C19H27N3O5/c1-11(20-15(23)10-19(2,3)4)18-21-17(22-27-18)12-8-13(24-5)16(26-7)14(9-12)25-6/h8-9,11H,10H2,1-7H3,(H,20,23)/t11-/m0/s1. The highest BCUT2D eigenvalue weighted by atomic mass is 16.5. The summed E-state index contributed by atoms with van der Waals surface area (Å²) in [5, 5.41) is 6.88. The van der Waals surface area contributed by atoms with Gasteiger partial charge in [-0.2, -0.15) is 4.98 Å². The number of amides is 1. The van der Waals surface area contributed by atoms with E-state index in [-0.39, 0.29) is 11.3 Å². The number of methoxy groups -OCH3 is 3. The Morgan fingerprint density at radius 3 is 2.22 bits per heavy atom. The van der Waals surface area contributed by atoms with E-state index in [1.165, 1.54) is 21.3 Å². The van der Waals surface area contributed by atoms with Crippen molar-refractivity contribution in [2.45, 2.75) is 40.2 Å². The maximum absolute atomic E-state index is 12.1. The lowest BCUT2D eigenvalue weighted by atomic mass is 9.92. The molecule has 0 aliphatic rings. The summed E-state index contributed by atoms with van der Waals surface area (Å²) >= 11 is 0. The van der Waals surface area contributed by atoms with Crippen molar-refractivity contribution < 1.29 is 23.5 Å². The fourth-order valence-corrected chi connectivity index (χ4v) is 2.57. The minimum atomic E-state index is -0.400. The molecule has 0 aliphatic carbocycles. The Balaban J connectivity index is 2.23. The SMILES string of the molecule is COc1cc(-c2noc([C@H](C)NC(=O)CC(C)(C)C)n2)cc(OC)c1OC. The van der Waals surface area contributed by atoms with Crippen LogP contribution in [-0.4, -0.2) is 37.4 Å². The van der Waals surface area contributed by atoms with Gasteiger partial charge in [-0.3, -0.25) is 4.79 Å². The molecule has 0 saturated carbocycles. The van der Waals surface area contributed by atoms with E-state index in [0.717, 1.165) is 0 Å². The van der Waals surface area contributed by atoms with Crippen LogP contribution in [0.5, 0.6) is 17.2 Å². The quantitative estimate of drug-likeness (QED) is 0.790. The Morgan fingerprint density at radius 2 is 1.74 bits per heavy atom. The summed E-state index contributed by atoms with van der Waals surface area (Å²) in [4.78, 5) is 16.5. The third kappa shape index (κ3) is 5.12. The highest BCUT2D eigenvalue weighted by Gasteiger charge is 2.22. The average molecular weight is 377 g/mol. The van der Waals surface area contributed by atoms with Crippen LogP contribution in [0.2, 0.25) is 0 Å². The molecule has 0 radical (unpaired) electrons. The lowest BCUT2D eigenvalue weighted by molar-refractivity contribution is -0.123. The van der Waals surface area contributed by atoms with E-state index in [9.17, 15) is 4.79 Å². The summed E-state index contributed by atoms with van der Waals surface area (Å²) in [6.45, 7) is 7.82. The first kappa shape index (κ1) is 20.5. The molecule has 27 heavy (non-hydrogen) atoms. The summed E-state index contributed by atoms with van der Waals surface area (Å²) in [5.74, 6) is 2.08. The third-order valence-electron chi connectivity index (χ3n) is 3.80. The minimum Gasteiger partial charge on any atom is -0.493 e. The Hall–Kier alpha value is -2.77. The number of hydrogen-bond acceptors (Lipinski definition) is 7. The normalized spacial score (nSPS) is 12.4. The Labute approximate surface area is 159 Å². The number of aromatic nitrogens is 2. The molecular weight excluding hydrogens is 350 g/mol. The monoisotopic (exact) mass is 377 g/mol. The zero-order valence-corrected chi connectivity index (χ0v) is 16.9. The van der Waals surface area contributed by atoms with Crippen LogP contribution >= 0.6 is 0 Å². The Morgan fingerprint density at radius 1 is 1.15 bits per heavy atom. The Bertz CT molecular complexity index is 770. The van der Waals surface area contributed by atoms with Gasteiger partial charge in [-0.15, -0.1) is 0 Å². The van der Waals surface area contributed by atoms with Gasteiger partial charge in [0.05, 0.1) is 21.3 Å². The number of rotatable bonds is 7. The zero-order valence-electron chi connectivity index (χ0n) is 16.9. The molecule has 0 fully saturated rings. The van der Waals surface area contributed by atoms with Crippen molar-refractivity contribution in [1.29, 1.82) is 0 Å². The van der Waals surface area contributed by atoms with Gasteiger partial charge in [-0.25, -0.2) is 0 Å². The van der Waals surface area contributed by atoms with E-state index in [2.05, 4.69) is 15.5 Å². The fraction of sp³-hybridized carbons (Fsp3) is 0.526. The van der Waals surface area contributed by atoms with E-state index in [4.69, 9.17) is 18.7 Å². The molecule has 0 unspecified atom stereocenters. The summed E-state index contributed by atoms with van der Waals surface area (Å²) < 4.78 is 21.3. The maximum Gasteiger partial charge on any atom is 0.249 e. The van der Waals surface area contributed by atoms with Gasteiger partial charge < -0.3 is 24.1 Å². The van der Waals surface area contributed by atoms with Crippen molar-refractivity contribution >= 4 is 5.91 Å². The van der Waals surface area contributed by atoms with Gasteiger partial charge >= 0.3 is 0 Å². The van der Waals surface area contributed by atoms with Crippen LogP contribution < -0.4 is 19.5 Å². The van der Waals surface area contributed by atoms with Gasteiger partial charge in [-0.1, -0.05) is 25.9 Å². The first-order valence-corrected chi connectivity index (χ1v) is 8.62. The van der Waals surface area contributed by atoms with Crippen molar-refractivity contribution in [3.05, 3.63) is 18.0 Å². The van der Waals surface area contributed by atoms with Gasteiger partial charge in [0.15, 0.2) is 11.5 Å². The summed E-state index contributed by atoms with van der Waals surface area (Å²) in [5.41, 5.74) is 0.549. The van der Waals surface area contributed by atoms with Gasteiger partial charge in [0, 0.05) is 12.0 Å². The highest BCUT2D eigenvalue weighted by Crippen LogP contribution is 2.40. The molecule has 1 aromatic carbocycles. The van der Waals surface area contributed by atoms with Crippen LogP contribution in [0.4, 0.5) is 0 Å². The second kappa shape index (κ2) is 8.28. The van der Waals surface area contributed by atoms with E-state index >= 15 is 0 Å². The molecule has 1 N–H and O–H groups in total. The van der Waals surface area contributed by atoms with E-state index in [1.807, 2.05) is 20.8 Å². The maximum atomic E-state index is 12.1. The smallest absolute Gasteiger partial charge is 0.249 e. The van der Waals surface area contributed by atoms with E-state index < -0.39 is 6.04 Å². The van der Waals surface area contributed by atoms with E-state index in [0.29, 0.717) is 40.9 Å². The lowest BCUT2D eigenvalue weighted by Crippen LogP contribution is -2.30. The molecule has 0 bridgehead atoms. The molecule has 0 saturated heterocycles. The van der Waals surface area contributed by atoms with Crippen molar-refractivity contribution in [2.75, 3.05) is 21.3 Å². The van der Waals surface area contributed by atoms with Crippen LogP contribution in [-0.2, 0) is 4.79 Å². The van der Waals surface area contributed by atoms with Crippen molar-refractivity contribution in [3.63, 3.8) is 0 Å². The second-order valence-electron chi connectivity index (χ2n) is 7.40. The first-order chi connectivity index (χ1) is 12.7. The zero-order chi connectivity index (χ0) is 20.2. The molecule has 148 valence electrons. The van der Waals surface area contributed by atoms with Gasteiger partial charge in [0.2, 0.25) is 23.4 Å². The molecule has 2 aromatic rings. The molecule has 0 aliphatic heterocycles. The largest absolute Gasteiger partial charge is 0.493 e. The number of carbonyl (C=O) groups excluding carboxylic acids is 1. The molecule has 2 rings (SSSR count).